The van der Waals surface area contributed by atoms with Gasteiger partial charge in [-0.05, 0) is 75.0 Å². The van der Waals surface area contributed by atoms with E-state index in [1.54, 1.807) is 24.4 Å². The molecule has 1 saturated heterocycles. The Hall–Kier alpha value is -3.19. The lowest BCUT2D eigenvalue weighted by Gasteiger charge is -2.27. The maximum Gasteiger partial charge on any atom is 0.335 e. The van der Waals surface area contributed by atoms with Gasteiger partial charge in [-0.15, -0.1) is 0 Å². The third-order valence-electron chi connectivity index (χ3n) is 5.68. The van der Waals surface area contributed by atoms with Crippen LogP contribution < -0.4 is 5.32 Å². The number of thiocarbonyl (C=S) groups is 1. The number of hydrogen-bond acceptors (Lipinski definition) is 3. The molecule has 4 rings (SSSR count). The number of aryl methyl sites for hydroxylation is 1. The zero-order chi connectivity index (χ0) is 21.4. The Kier molecular flexibility index (Phi) is 5.30. The van der Waals surface area contributed by atoms with Crippen molar-refractivity contribution in [3.63, 3.8) is 0 Å². The zero-order valence-electron chi connectivity index (χ0n) is 17.2. The lowest BCUT2D eigenvalue weighted by molar-refractivity contribution is 0.0697. The fraction of sp³-hybridized carbons (Fsp3) is 0.261. The van der Waals surface area contributed by atoms with E-state index < -0.39 is 5.97 Å². The first-order valence-corrected chi connectivity index (χ1v) is 10.3. The second-order valence-corrected chi connectivity index (χ2v) is 7.82. The Morgan fingerprint density at radius 2 is 2.00 bits per heavy atom. The molecule has 3 heterocycles. The minimum Gasteiger partial charge on any atom is -0.478 e. The average Bonchev–Trinajstić information content (AvgIpc) is 3.23. The first kappa shape index (κ1) is 20.1. The Morgan fingerprint density at radius 3 is 2.67 bits per heavy atom. The summed E-state index contributed by atoms with van der Waals surface area (Å²) in [5.41, 5.74) is 5.30. The van der Waals surface area contributed by atoms with Crippen LogP contribution in [0.15, 0.2) is 54.7 Å². The molecule has 2 atom stereocenters. The summed E-state index contributed by atoms with van der Waals surface area (Å²) in [4.78, 5) is 18.2. The predicted molar refractivity (Wildman–Crippen MR) is 120 cm³/mol. The van der Waals surface area contributed by atoms with Gasteiger partial charge in [-0.2, -0.15) is 0 Å². The fourth-order valence-electron chi connectivity index (χ4n) is 4.35. The highest BCUT2D eigenvalue weighted by molar-refractivity contribution is 7.80. The van der Waals surface area contributed by atoms with E-state index in [1.165, 1.54) is 0 Å². The van der Waals surface area contributed by atoms with E-state index in [2.05, 4.69) is 39.7 Å². The lowest BCUT2D eigenvalue weighted by atomic mass is 9.97. The molecule has 0 aliphatic carbocycles. The largest absolute Gasteiger partial charge is 0.478 e. The second kappa shape index (κ2) is 7.91. The Morgan fingerprint density at radius 1 is 1.20 bits per heavy atom. The van der Waals surface area contributed by atoms with Gasteiger partial charge in [0, 0.05) is 29.8 Å². The van der Waals surface area contributed by atoms with E-state index in [-0.39, 0.29) is 17.6 Å². The maximum absolute atomic E-state index is 11.4. The molecular formula is C23H24N4O2S. The molecule has 0 saturated carbocycles. The number of nitrogens with one attached hydrogen (secondary N) is 1. The molecule has 0 unspecified atom stereocenters. The SMILES string of the molecule is CCN1C(=S)N[C@H](c2ccccn2)[C@@H]1c1cc(C)n(-c2cccc(C(=O)O)c2)c1C. The normalized spacial score (nSPS) is 18.5. The zero-order valence-corrected chi connectivity index (χ0v) is 18.0. The third-order valence-corrected chi connectivity index (χ3v) is 6.03. The van der Waals surface area contributed by atoms with Crippen molar-refractivity contribution in [1.82, 2.24) is 19.8 Å². The van der Waals surface area contributed by atoms with Crippen molar-refractivity contribution in [3.05, 3.63) is 82.9 Å². The Balaban J connectivity index is 1.83. The van der Waals surface area contributed by atoms with Crippen molar-refractivity contribution in [2.24, 2.45) is 0 Å². The Bertz CT molecular complexity index is 1110. The molecule has 0 spiro atoms. The molecule has 6 nitrogen and oxygen atoms in total. The standard InChI is InChI=1S/C23H24N4O2S/c1-4-26-21(20(25-23(26)30)19-10-5-6-11-24-19)18-12-14(2)27(15(18)3)17-9-7-8-16(13-17)22(28)29/h5-13,20-21H,4H2,1-3H3,(H,25,30)(H,28,29)/t20-,21+/m1/s1. The van der Waals surface area contributed by atoms with E-state index in [0.29, 0.717) is 0 Å². The molecule has 0 radical (unpaired) electrons. The molecule has 2 aromatic heterocycles. The molecule has 3 aromatic rings. The van der Waals surface area contributed by atoms with Crippen molar-refractivity contribution in [3.8, 4) is 5.69 Å². The van der Waals surface area contributed by atoms with Gasteiger partial charge >= 0.3 is 5.97 Å². The number of aromatic nitrogens is 2. The summed E-state index contributed by atoms with van der Waals surface area (Å²) in [6, 6.07) is 15.0. The predicted octanol–water partition coefficient (Wildman–Crippen LogP) is 4.18. The summed E-state index contributed by atoms with van der Waals surface area (Å²) in [6.07, 6.45) is 1.80. The first-order valence-electron chi connectivity index (χ1n) is 9.93. The highest BCUT2D eigenvalue weighted by atomic mass is 32.1. The monoisotopic (exact) mass is 420 g/mol. The number of rotatable bonds is 5. The van der Waals surface area contributed by atoms with Crippen LogP contribution in [0, 0.1) is 13.8 Å². The van der Waals surface area contributed by atoms with Crippen LogP contribution in [-0.4, -0.2) is 37.2 Å². The lowest BCUT2D eigenvalue weighted by Crippen LogP contribution is -2.29. The van der Waals surface area contributed by atoms with Gasteiger partial charge in [0.2, 0.25) is 0 Å². The molecule has 7 heteroatoms. The van der Waals surface area contributed by atoms with E-state index in [4.69, 9.17) is 12.2 Å². The van der Waals surface area contributed by atoms with Crippen LogP contribution in [0.1, 0.15) is 52.0 Å². The summed E-state index contributed by atoms with van der Waals surface area (Å²) in [5, 5.41) is 13.5. The van der Waals surface area contributed by atoms with Gasteiger partial charge in [-0.25, -0.2) is 4.79 Å². The molecule has 1 aliphatic rings. The van der Waals surface area contributed by atoms with Crippen LogP contribution in [0.3, 0.4) is 0 Å². The van der Waals surface area contributed by atoms with Crippen molar-refractivity contribution in [1.29, 1.82) is 0 Å². The summed E-state index contributed by atoms with van der Waals surface area (Å²) < 4.78 is 2.10. The number of carboxylic acids is 1. The molecule has 0 amide bonds. The number of carboxylic acid groups (broad SMARTS) is 1. The van der Waals surface area contributed by atoms with Crippen molar-refractivity contribution in [2.75, 3.05) is 6.54 Å². The quantitative estimate of drug-likeness (QED) is 0.604. The van der Waals surface area contributed by atoms with Crippen LogP contribution in [0.5, 0.6) is 0 Å². The second-order valence-electron chi connectivity index (χ2n) is 7.43. The van der Waals surface area contributed by atoms with Crippen molar-refractivity contribution < 1.29 is 9.90 Å². The molecule has 1 aromatic carbocycles. The Labute approximate surface area is 181 Å². The summed E-state index contributed by atoms with van der Waals surface area (Å²) >= 11 is 5.63. The van der Waals surface area contributed by atoms with Gasteiger partial charge in [-0.1, -0.05) is 12.1 Å². The average molecular weight is 421 g/mol. The van der Waals surface area contributed by atoms with E-state index in [0.717, 1.165) is 40.0 Å². The molecule has 154 valence electrons. The van der Waals surface area contributed by atoms with E-state index in [1.807, 2.05) is 31.2 Å². The third kappa shape index (κ3) is 3.35. The molecule has 1 fully saturated rings. The molecule has 30 heavy (non-hydrogen) atoms. The first-order chi connectivity index (χ1) is 14.4. The highest BCUT2D eigenvalue weighted by Crippen LogP contribution is 2.41. The van der Waals surface area contributed by atoms with Gasteiger partial charge in [0.1, 0.15) is 0 Å². The summed E-state index contributed by atoms with van der Waals surface area (Å²) in [6.45, 7) is 6.98. The smallest absolute Gasteiger partial charge is 0.335 e. The van der Waals surface area contributed by atoms with Crippen molar-refractivity contribution >= 4 is 23.3 Å². The van der Waals surface area contributed by atoms with E-state index in [9.17, 15) is 9.90 Å². The van der Waals surface area contributed by atoms with Crippen LogP contribution in [0.4, 0.5) is 0 Å². The number of nitrogens with zero attached hydrogens (tertiary/aromatic N) is 3. The number of likely N-dealkylation sites (N-methyl/N-ethyl adjacent to an activating group) is 1. The van der Waals surface area contributed by atoms with Gasteiger partial charge in [0.05, 0.1) is 23.3 Å². The topological polar surface area (TPSA) is 70.4 Å². The van der Waals surface area contributed by atoms with Gasteiger partial charge in [0.15, 0.2) is 5.11 Å². The van der Waals surface area contributed by atoms with Crippen LogP contribution in [-0.2, 0) is 0 Å². The van der Waals surface area contributed by atoms with Gasteiger partial charge < -0.3 is 19.9 Å². The summed E-state index contributed by atoms with van der Waals surface area (Å²) in [5.74, 6) is -0.933. The highest BCUT2D eigenvalue weighted by Gasteiger charge is 2.40. The molecular weight excluding hydrogens is 396 g/mol. The van der Waals surface area contributed by atoms with E-state index >= 15 is 0 Å². The number of carbonyl (C=O) groups is 1. The number of aromatic carboxylic acids is 1. The number of hydrogen-bond donors (Lipinski definition) is 2. The number of pyridine rings is 1. The van der Waals surface area contributed by atoms with Gasteiger partial charge in [0.25, 0.3) is 0 Å². The van der Waals surface area contributed by atoms with Crippen LogP contribution in [0.25, 0.3) is 5.69 Å². The van der Waals surface area contributed by atoms with Crippen LogP contribution in [0.2, 0.25) is 0 Å². The van der Waals surface area contributed by atoms with Crippen LogP contribution >= 0.6 is 12.2 Å². The fourth-order valence-corrected chi connectivity index (χ4v) is 4.72. The van der Waals surface area contributed by atoms with Gasteiger partial charge in [-0.3, -0.25) is 4.98 Å². The minimum atomic E-state index is -0.933. The molecule has 1 aliphatic heterocycles. The number of benzene rings is 1. The maximum atomic E-state index is 11.4. The minimum absolute atomic E-state index is 0.00000593. The molecule has 0 bridgehead atoms. The summed E-state index contributed by atoms with van der Waals surface area (Å²) in [7, 11) is 0. The van der Waals surface area contributed by atoms with Crippen molar-refractivity contribution in [2.45, 2.75) is 32.9 Å². The molecule has 2 N–H and O–H groups in total.